The second kappa shape index (κ2) is 49.8. The van der Waals surface area contributed by atoms with Crippen molar-refractivity contribution in [3.63, 3.8) is 0 Å². The molecule has 5 saturated heterocycles. The van der Waals surface area contributed by atoms with E-state index in [1.807, 2.05) is 23.5 Å². The zero-order valence-corrected chi connectivity index (χ0v) is 58.8. The molecule has 4 amide bonds. The molecule has 27 nitrogen and oxygen atoms in total. The average Bonchev–Trinajstić information content (AvgIpc) is 1.66. The number of carboxylic acid groups (broad SMARTS) is 2. The van der Waals surface area contributed by atoms with Crippen LogP contribution in [0.1, 0.15) is 144 Å². The van der Waals surface area contributed by atoms with Crippen LogP contribution in [0.2, 0.25) is 0 Å². The van der Waals surface area contributed by atoms with Crippen LogP contribution < -0.4 is 16.4 Å². The van der Waals surface area contributed by atoms with Gasteiger partial charge in [-0.15, -0.1) is 5.06 Å². The van der Waals surface area contributed by atoms with Gasteiger partial charge in [-0.2, -0.15) is 23.5 Å². The number of benzene rings is 2. The molecular formula is C71H102N4O23S2. The molecule has 8 N–H and O–H groups in total. The standard InChI is InChI=1S/C34H49NO10S.C27H42N2O10S.C10H11NO3/c36-27(4-1-2-6-32-29-23-33(39)35-30(29)24-46-32)5-3-14-42-16-18-44-20-21-45-19-17-43-15-13-28(37)11-8-25-7-9-26(31(38)22-25)10-12-34(40)41;30-20(4-1-2-6-23-21-18-24(31)28-22(21)19-40-23)5-3-10-35-12-14-37-16-17-38-15-13-36-11-9-27(34)39-29-25(32)7-8-26(29)33;11-6-7-1-2-8(9(12)5-7)3-4-10(13)14/h7,9-10,12,22,29-30,32,38H,1-6,8,11,13-21,23-24H2,(H,35,39)(H,40,41);21-23H,1-19H2,(H,28,31);1-5,12H,6,11H2,(H,13,14)/b12-10+;;4-3+. The SMILES string of the molecule is NCc1ccc(/C=C/C(=O)O)c(O)c1.O=C(CCCCC1SCC2NC(=O)CC21)CCCOCCOCCOCCOCCC(=O)ON1C(=O)CCC1=O.O=C(O)/C=C/c1ccc(CCC(=O)CCOCCOCCOCCOCCCC(=O)CCCCC2SCC3NC(=O)CC32)cc1O. The number of unbranched alkanes of at least 4 members (excludes halogenated alkanes) is 2. The number of ether oxygens (including phenoxy) is 8. The van der Waals surface area contributed by atoms with Gasteiger partial charge in [0.15, 0.2) is 0 Å². The highest BCUT2D eigenvalue weighted by molar-refractivity contribution is 8.00. The second-order valence-electron chi connectivity index (χ2n) is 24.4. The summed E-state index contributed by atoms with van der Waals surface area (Å²) in [5, 5.41) is 44.2. The number of hydroxylamine groups is 2. The monoisotopic (exact) mass is 1440 g/mol. The highest BCUT2D eigenvalue weighted by Crippen LogP contribution is 2.42. The summed E-state index contributed by atoms with van der Waals surface area (Å²) in [4.78, 5) is 119. The molecule has 100 heavy (non-hydrogen) atoms. The topological polar surface area (TPSA) is 388 Å². The molecule has 7 rings (SSSR count). The largest absolute Gasteiger partial charge is 0.507 e. The summed E-state index contributed by atoms with van der Waals surface area (Å²) in [5.41, 5.74) is 7.83. The van der Waals surface area contributed by atoms with Crippen molar-refractivity contribution in [2.24, 2.45) is 17.6 Å². The predicted octanol–water partition coefficient (Wildman–Crippen LogP) is 6.51. The minimum atomic E-state index is -1.09. The average molecular weight is 1440 g/mol. The number of fused-ring (bicyclic) bond motifs is 2. The first-order chi connectivity index (χ1) is 48.4. The van der Waals surface area contributed by atoms with E-state index < -0.39 is 29.7 Å². The number of phenols is 2. The lowest BCUT2D eigenvalue weighted by atomic mass is 9.94. The van der Waals surface area contributed by atoms with E-state index in [1.54, 1.807) is 30.3 Å². The maximum atomic E-state index is 12.1. The number of rotatable bonds is 51. The van der Waals surface area contributed by atoms with E-state index >= 15 is 0 Å². The van der Waals surface area contributed by atoms with Crippen molar-refractivity contribution in [3.8, 4) is 11.5 Å². The number of hydrogen-bond acceptors (Lipinski definition) is 24. The lowest BCUT2D eigenvalue weighted by Gasteiger charge is -2.15. The molecule has 6 atom stereocenters. The van der Waals surface area contributed by atoms with Crippen LogP contribution in [0, 0.1) is 11.8 Å². The maximum absolute atomic E-state index is 12.1. The number of carbonyl (C=O) groups is 10. The number of aromatic hydroxyl groups is 2. The molecule has 0 aliphatic carbocycles. The Morgan fingerprint density at radius 1 is 0.480 bits per heavy atom. The summed E-state index contributed by atoms with van der Waals surface area (Å²) in [7, 11) is 0. The fraction of sp³-hybridized carbons (Fsp3) is 0.634. The minimum Gasteiger partial charge on any atom is -0.507 e. The van der Waals surface area contributed by atoms with E-state index in [4.69, 9.17) is 58.7 Å². The van der Waals surface area contributed by atoms with Crippen LogP contribution >= 0.6 is 23.5 Å². The number of amides is 4. The van der Waals surface area contributed by atoms with Crippen LogP contribution in [0.25, 0.3) is 12.2 Å². The Morgan fingerprint density at radius 3 is 1.28 bits per heavy atom. The summed E-state index contributed by atoms with van der Waals surface area (Å²) < 4.78 is 43.6. The lowest BCUT2D eigenvalue weighted by molar-refractivity contribution is -0.198. The number of nitrogens with one attached hydrogen (secondary N) is 2. The molecule has 29 heteroatoms. The van der Waals surface area contributed by atoms with Crippen molar-refractivity contribution in [3.05, 3.63) is 70.8 Å². The highest BCUT2D eigenvalue weighted by atomic mass is 32.2. The van der Waals surface area contributed by atoms with Gasteiger partial charge in [-0.05, 0) is 80.4 Å². The lowest BCUT2D eigenvalue weighted by Crippen LogP contribution is -2.32. The van der Waals surface area contributed by atoms with Gasteiger partial charge >= 0.3 is 17.9 Å². The Kier molecular flexibility index (Phi) is 41.9. The Balaban J connectivity index is 0.000000304. The van der Waals surface area contributed by atoms with E-state index in [0.29, 0.717) is 214 Å². The Bertz CT molecular complexity index is 2940. The molecule has 5 heterocycles. The van der Waals surface area contributed by atoms with Crippen LogP contribution in [0.3, 0.4) is 0 Å². The highest BCUT2D eigenvalue weighted by Gasteiger charge is 2.44. The molecule has 2 aromatic rings. The Morgan fingerprint density at radius 2 is 0.860 bits per heavy atom. The molecule has 5 fully saturated rings. The summed E-state index contributed by atoms with van der Waals surface area (Å²) in [6, 6.07) is 10.5. The molecule has 5 aliphatic rings. The molecule has 0 bridgehead atoms. The number of aryl methyl sites for hydroxylation is 1. The number of nitrogens with two attached hydrogens (primary N) is 1. The number of imide groups is 1. The van der Waals surface area contributed by atoms with Gasteiger partial charge in [0.05, 0.1) is 98.9 Å². The van der Waals surface area contributed by atoms with Crippen LogP contribution in [-0.2, 0) is 104 Å². The third kappa shape index (κ3) is 35.3. The summed E-state index contributed by atoms with van der Waals surface area (Å²) >= 11 is 3.93. The van der Waals surface area contributed by atoms with Gasteiger partial charge in [-0.1, -0.05) is 37.1 Å². The molecule has 556 valence electrons. The zero-order chi connectivity index (χ0) is 72.1. The van der Waals surface area contributed by atoms with E-state index in [9.17, 15) is 58.2 Å². The van der Waals surface area contributed by atoms with Crippen molar-refractivity contribution >= 4 is 94.6 Å². The number of nitrogens with zero attached hydrogens (tertiary/aromatic N) is 1. The first-order valence-corrected chi connectivity index (χ1v) is 36.7. The molecule has 6 unspecified atom stereocenters. The van der Waals surface area contributed by atoms with E-state index in [1.165, 1.54) is 18.2 Å². The molecule has 0 spiro atoms. The van der Waals surface area contributed by atoms with Gasteiger partial charge in [0.2, 0.25) is 11.8 Å². The summed E-state index contributed by atoms with van der Waals surface area (Å²) in [5.74, 6) is 0.155. The van der Waals surface area contributed by atoms with Crippen molar-refractivity contribution < 1.29 is 111 Å². The molecule has 0 saturated carbocycles. The van der Waals surface area contributed by atoms with Gasteiger partial charge in [-0.25, -0.2) is 14.4 Å². The zero-order valence-electron chi connectivity index (χ0n) is 57.2. The summed E-state index contributed by atoms with van der Waals surface area (Å²) in [6.07, 6.45) is 16.9. The first kappa shape index (κ1) is 84.0. The van der Waals surface area contributed by atoms with E-state index in [2.05, 4.69) is 10.6 Å². The van der Waals surface area contributed by atoms with Gasteiger partial charge in [0.1, 0.15) is 28.8 Å². The second-order valence-corrected chi connectivity index (χ2v) is 27.0. The number of aliphatic carboxylic acids is 2. The van der Waals surface area contributed by atoms with Crippen molar-refractivity contribution in [1.82, 2.24) is 15.7 Å². The third-order valence-corrected chi connectivity index (χ3v) is 19.8. The van der Waals surface area contributed by atoms with E-state index in [-0.39, 0.29) is 73.1 Å². The number of ketones is 3. The van der Waals surface area contributed by atoms with Crippen LogP contribution in [0.15, 0.2) is 48.6 Å². The molecule has 5 aliphatic heterocycles. The van der Waals surface area contributed by atoms with Crippen LogP contribution in [-0.4, -0.2) is 224 Å². The molecule has 0 aromatic heterocycles. The molecular weight excluding hydrogens is 1340 g/mol. The van der Waals surface area contributed by atoms with Crippen molar-refractivity contribution in [1.29, 1.82) is 0 Å². The molecule has 2 aromatic carbocycles. The maximum Gasteiger partial charge on any atom is 0.335 e. The quantitative estimate of drug-likeness (QED) is 0.0211. The number of phenolic OH excluding ortho intramolecular Hbond substituents is 2. The third-order valence-electron chi connectivity index (χ3n) is 16.7. The fourth-order valence-electron chi connectivity index (χ4n) is 11.3. The van der Waals surface area contributed by atoms with E-state index in [0.717, 1.165) is 79.7 Å². The number of thioether (sulfide) groups is 2. The van der Waals surface area contributed by atoms with Gasteiger partial charge < -0.3 is 79.5 Å². The summed E-state index contributed by atoms with van der Waals surface area (Å²) in [6.45, 7) is 6.78. The molecule has 0 radical (unpaired) electrons. The minimum absolute atomic E-state index is 0.0258. The van der Waals surface area contributed by atoms with Crippen LogP contribution in [0.5, 0.6) is 11.5 Å². The first-order valence-electron chi connectivity index (χ1n) is 34.6. The number of hydrogen-bond donors (Lipinski definition) is 7. The number of Topliss-reactive ketones (excluding diaryl/α,β-unsaturated/α-hetero) is 3. The van der Waals surface area contributed by atoms with Crippen molar-refractivity contribution in [2.75, 3.05) is 117 Å². The van der Waals surface area contributed by atoms with Gasteiger partial charge in [0, 0.05) is 153 Å². The predicted molar refractivity (Wildman–Crippen MR) is 372 cm³/mol. The van der Waals surface area contributed by atoms with Gasteiger partial charge in [0.25, 0.3) is 11.8 Å². The van der Waals surface area contributed by atoms with Gasteiger partial charge in [-0.3, -0.25) is 33.6 Å². The number of carboxylic acids is 2. The normalized spacial score (nSPS) is 19.1. The fourth-order valence-corrected chi connectivity index (χ4v) is 14.6. The van der Waals surface area contributed by atoms with Crippen molar-refractivity contribution in [2.45, 2.75) is 158 Å². The smallest absolute Gasteiger partial charge is 0.335 e. The van der Waals surface area contributed by atoms with Crippen LogP contribution in [0.4, 0.5) is 0 Å². The Hall–Kier alpha value is -6.64. The Labute approximate surface area is 593 Å². The number of carbonyl (C=O) groups excluding carboxylic acids is 8.